The van der Waals surface area contributed by atoms with E-state index in [9.17, 15) is 10.1 Å². The Hall–Kier alpha value is -0.780. The van der Waals surface area contributed by atoms with Crippen LogP contribution < -0.4 is 0 Å². The number of hydrogen-bond donors (Lipinski definition) is 0. The van der Waals surface area contributed by atoms with Crippen LogP contribution in [0.1, 0.15) is 31.2 Å². The maximum absolute atomic E-state index is 10.9. The van der Waals surface area contributed by atoms with Crippen molar-refractivity contribution in [2.75, 3.05) is 7.05 Å². The Morgan fingerprint density at radius 1 is 1.33 bits per heavy atom. The van der Waals surface area contributed by atoms with E-state index in [2.05, 4.69) is 11.9 Å². The Morgan fingerprint density at radius 2 is 1.95 bits per heavy atom. The molecular weight excluding hydrogens is 308 g/mol. The summed E-state index contributed by atoms with van der Waals surface area (Å²) in [5.41, 5.74) is 0.676. The Morgan fingerprint density at radius 3 is 2.52 bits per heavy atom. The van der Waals surface area contributed by atoms with Gasteiger partial charge in [0, 0.05) is 33.9 Å². The molecule has 6 heteroatoms. The van der Waals surface area contributed by atoms with Crippen LogP contribution in [-0.2, 0) is 0 Å². The van der Waals surface area contributed by atoms with Crippen molar-refractivity contribution in [2.24, 2.45) is 0 Å². The molecule has 0 amide bonds. The molecule has 0 aliphatic carbocycles. The molecule has 2 heterocycles. The molecule has 2 aliphatic rings. The van der Waals surface area contributed by atoms with E-state index in [-0.39, 0.29) is 10.6 Å². The van der Waals surface area contributed by atoms with Gasteiger partial charge in [0.25, 0.3) is 5.69 Å². The molecule has 2 aliphatic heterocycles. The van der Waals surface area contributed by atoms with Gasteiger partial charge >= 0.3 is 0 Å². The van der Waals surface area contributed by atoms with Gasteiger partial charge in [0.2, 0.25) is 0 Å². The third-order valence-corrected chi connectivity index (χ3v) is 6.78. The quantitative estimate of drug-likeness (QED) is 0.614. The van der Waals surface area contributed by atoms with E-state index < -0.39 is 0 Å². The van der Waals surface area contributed by atoms with Gasteiger partial charge in [0.05, 0.1) is 9.95 Å². The first-order valence-corrected chi connectivity index (χ1v) is 8.55. The number of benzene rings is 1. The topological polar surface area (TPSA) is 46.4 Å². The highest BCUT2D eigenvalue weighted by Gasteiger charge is 2.38. The van der Waals surface area contributed by atoms with Gasteiger partial charge in [0.15, 0.2) is 0 Å². The van der Waals surface area contributed by atoms with Crippen LogP contribution in [0.2, 0.25) is 5.02 Å². The summed E-state index contributed by atoms with van der Waals surface area (Å²) in [5.74, 6) is 0. The van der Waals surface area contributed by atoms with Crippen LogP contribution in [0.25, 0.3) is 0 Å². The first-order valence-electron chi connectivity index (χ1n) is 7.29. The normalized spacial score (nSPS) is 28.8. The lowest BCUT2D eigenvalue weighted by Crippen LogP contribution is -2.40. The largest absolute Gasteiger partial charge is 0.300 e. The van der Waals surface area contributed by atoms with Crippen LogP contribution in [0.3, 0.4) is 0 Å². The molecule has 2 bridgehead atoms. The second-order valence-electron chi connectivity index (χ2n) is 6.04. The minimum Gasteiger partial charge on any atom is -0.300 e. The van der Waals surface area contributed by atoms with Gasteiger partial charge in [-0.15, -0.1) is 11.8 Å². The van der Waals surface area contributed by atoms with Crippen molar-refractivity contribution >= 4 is 29.1 Å². The van der Waals surface area contributed by atoms with E-state index in [4.69, 9.17) is 11.6 Å². The second-order valence-corrected chi connectivity index (χ2v) is 7.76. The minimum absolute atomic E-state index is 0.104. The third-order valence-electron chi connectivity index (χ3n) is 4.87. The van der Waals surface area contributed by atoms with Gasteiger partial charge < -0.3 is 4.90 Å². The number of nitrogens with zero attached hydrogens (tertiary/aromatic N) is 2. The lowest BCUT2D eigenvalue weighted by Gasteiger charge is -2.36. The monoisotopic (exact) mass is 326 g/mol. The van der Waals surface area contributed by atoms with Gasteiger partial charge in [-0.05, 0) is 45.7 Å². The van der Waals surface area contributed by atoms with Crippen molar-refractivity contribution in [1.29, 1.82) is 0 Å². The molecule has 0 saturated carbocycles. The van der Waals surface area contributed by atoms with Crippen LogP contribution >= 0.6 is 23.4 Å². The molecule has 2 saturated heterocycles. The Balaban J connectivity index is 1.77. The molecule has 0 unspecified atom stereocenters. The summed E-state index contributed by atoms with van der Waals surface area (Å²) in [4.78, 5) is 14.1. The SMILES string of the molecule is Cc1c([N+](=O)[O-])ccc(S[C@@H]2C[C@H]3CC[C@@H](C2)N3C)c1Cl. The van der Waals surface area contributed by atoms with E-state index >= 15 is 0 Å². The highest BCUT2D eigenvalue weighted by Crippen LogP contribution is 2.44. The van der Waals surface area contributed by atoms with Crippen molar-refractivity contribution in [3.05, 3.63) is 32.8 Å². The summed E-state index contributed by atoms with van der Waals surface area (Å²) >= 11 is 8.14. The Kier molecular flexibility index (Phi) is 4.17. The number of halogens is 1. The molecule has 4 nitrogen and oxygen atoms in total. The lowest BCUT2D eigenvalue weighted by atomic mass is 10.0. The molecule has 1 aromatic rings. The second kappa shape index (κ2) is 5.78. The highest BCUT2D eigenvalue weighted by atomic mass is 35.5. The van der Waals surface area contributed by atoms with Crippen molar-refractivity contribution in [3.63, 3.8) is 0 Å². The summed E-state index contributed by atoms with van der Waals surface area (Å²) < 4.78 is 0. The average molecular weight is 327 g/mol. The molecular formula is C15H19ClN2O2S. The molecule has 0 aromatic heterocycles. The fraction of sp³-hybridized carbons (Fsp3) is 0.600. The Bertz CT molecular complexity index is 567. The van der Waals surface area contributed by atoms with Crippen LogP contribution in [0, 0.1) is 17.0 Å². The summed E-state index contributed by atoms with van der Waals surface area (Å²) in [6.07, 6.45) is 4.96. The van der Waals surface area contributed by atoms with E-state index in [1.54, 1.807) is 30.8 Å². The van der Waals surface area contributed by atoms with Crippen LogP contribution in [-0.4, -0.2) is 34.2 Å². The molecule has 3 rings (SSSR count). The molecule has 3 atom stereocenters. The maximum Gasteiger partial charge on any atom is 0.273 e. The summed E-state index contributed by atoms with van der Waals surface area (Å²) in [5, 5.41) is 12.0. The molecule has 0 spiro atoms. The first kappa shape index (κ1) is 15.1. The van der Waals surface area contributed by atoms with E-state index in [0.29, 0.717) is 27.9 Å². The summed E-state index contributed by atoms with van der Waals surface area (Å²) in [7, 11) is 2.23. The summed E-state index contributed by atoms with van der Waals surface area (Å²) in [6.45, 7) is 1.73. The maximum atomic E-state index is 10.9. The van der Waals surface area contributed by atoms with Crippen molar-refractivity contribution in [3.8, 4) is 0 Å². The van der Waals surface area contributed by atoms with Gasteiger partial charge in [-0.3, -0.25) is 10.1 Å². The van der Waals surface area contributed by atoms with Gasteiger partial charge in [-0.25, -0.2) is 0 Å². The van der Waals surface area contributed by atoms with Crippen LogP contribution in [0.5, 0.6) is 0 Å². The van der Waals surface area contributed by atoms with Crippen LogP contribution in [0.15, 0.2) is 17.0 Å². The predicted octanol–water partition coefficient (Wildman–Crippen LogP) is 4.27. The molecule has 1 aromatic carbocycles. The van der Waals surface area contributed by atoms with E-state index in [0.717, 1.165) is 4.90 Å². The van der Waals surface area contributed by atoms with E-state index in [1.807, 2.05) is 0 Å². The zero-order valence-corrected chi connectivity index (χ0v) is 13.8. The molecule has 114 valence electrons. The number of hydrogen-bond acceptors (Lipinski definition) is 4. The molecule has 21 heavy (non-hydrogen) atoms. The first-order chi connectivity index (χ1) is 9.97. The van der Waals surface area contributed by atoms with Crippen molar-refractivity contribution in [1.82, 2.24) is 4.90 Å². The van der Waals surface area contributed by atoms with Crippen molar-refractivity contribution in [2.45, 2.75) is 54.8 Å². The fourth-order valence-corrected chi connectivity index (χ4v) is 5.27. The Labute approximate surface area is 134 Å². The minimum atomic E-state index is -0.370. The number of nitro benzene ring substituents is 1. The number of rotatable bonds is 3. The van der Waals surface area contributed by atoms with Crippen molar-refractivity contribution < 1.29 is 4.92 Å². The number of piperidine rings is 1. The third kappa shape index (κ3) is 2.79. The van der Waals surface area contributed by atoms with Gasteiger partial charge in [-0.2, -0.15) is 0 Å². The number of thioether (sulfide) groups is 1. The van der Waals surface area contributed by atoms with Gasteiger partial charge in [0.1, 0.15) is 0 Å². The molecule has 0 N–H and O–H groups in total. The van der Waals surface area contributed by atoms with E-state index in [1.165, 1.54) is 25.7 Å². The smallest absolute Gasteiger partial charge is 0.273 e. The fourth-order valence-electron chi connectivity index (χ4n) is 3.58. The standard InChI is InChI=1S/C15H19ClN2O2S/c1-9-13(18(19)20)5-6-14(15(9)16)21-12-7-10-3-4-11(8-12)17(10)2/h5-6,10-12H,3-4,7-8H2,1-2H3/t10-,11+,12-. The average Bonchev–Trinajstić information content (AvgIpc) is 2.66. The number of nitro groups is 1. The van der Waals surface area contributed by atoms with Crippen LogP contribution in [0.4, 0.5) is 5.69 Å². The zero-order valence-electron chi connectivity index (χ0n) is 12.2. The zero-order chi connectivity index (χ0) is 15.1. The van der Waals surface area contributed by atoms with Gasteiger partial charge in [-0.1, -0.05) is 11.6 Å². The lowest BCUT2D eigenvalue weighted by molar-refractivity contribution is -0.385. The highest BCUT2D eigenvalue weighted by molar-refractivity contribution is 8.00. The molecule has 0 radical (unpaired) electrons. The predicted molar refractivity (Wildman–Crippen MR) is 86.3 cm³/mol. The number of fused-ring (bicyclic) bond motifs is 2. The molecule has 2 fully saturated rings. The summed E-state index contributed by atoms with van der Waals surface area (Å²) in [6, 6.07) is 4.77.